The van der Waals surface area contributed by atoms with E-state index in [0.29, 0.717) is 60.7 Å². The minimum atomic E-state index is -5.32. The Morgan fingerprint density at radius 3 is 1.08 bits per heavy atom. The van der Waals surface area contributed by atoms with E-state index in [2.05, 4.69) is 13.5 Å². The topological polar surface area (TPSA) is 83.2 Å². The average molecular weight is 984 g/mol. The molecule has 5 aromatic rings. The van der Waals surface area contributed by atoms with Crippen molar-refractivity contribution in [3.05, 3.63) is 155 Å². The summed E-state index contributed by atoms with van der Waals surface area (Å²) in [6, 6.07) is 14.2. The number of halogens is 15. The first-order valence-electron chi connectivity index (χ1n) is 17.8. The van der Waals surface area contributed by atoms with Gasteiger partial charge in [0.05, 0.1) is 40.6 Å². The summed E-state index contributed by atoms with van der Waals surface area (Å²) >= 11 is 0. The van der Waals surface area contributed by atoms with Crippen LogP contribution in [0.3, 0.4) is 0 Å². The molecule has 64 heavy (non-hydrogen) atoms. The second-order valence-corrected chi connectivity index (χ2v) is 19.9. The van der Waals surface area contributed by atoms with Crippen LogP contribution in [-0.4, -0.2) is 6.61 Å². The highest BCUT2D eigenvalue weighted by atomic mass is 31.3. The zero-order valence-electron chi connectivity index (χ0n) is 31.9. The molecule has 1 aliphatic heterocycles. The van der Waals surface area contributed by atoms with Gasteiger partial charge in [0.15, 0.2) is 0 Å². The summed E-state index contributed by atoms with van der Waals surface area (Å²) in [6.45, 7) is 0.691. The maximum Gasteiger partial charge on any atom is 0.457 e. The molecule has 5 aromatic carbocycles. The Bertz CT molecular complexity index is 2430. The van der Waals surface area contributed by atoms with Gasteiger partial charge in [-0.2, -0.15) is 65.9 Å². The summed E-state index contributed by atoms with van der Waals surface area (Å²) in [5, 5.41) is 0. The van der Waals surface area contributed by atoms with E-state index in [1.165, 1.54) is 6.92 Å². The Morgan fingerprint density at radius 1 is 0.391 bits per heavy atom. The van der Waals surface area contributed by atoms with Crippen molar-refractivity contribution in [3.8, 4) is 23.0 Å². The van der Waals surface area contributed by atoms with Gasteiger partial charge in [-0.1, -0.05) is 42.5 Å². The van der Waals surface area contributed by atoms with Crippen LogP contribution >= 0.6 is 22.8 Å². The largest absolute Gasteiger partial charge is 0.457 e. The average Bonchev–Trinajstić information content (AvgIpc) is 3.16. The van der Waals surface area contributed by atoms with Crippen molar-refractivity contribution in [2.45, 2.75) is 44.0 Å². The monoisotopic (exact) mass is 983 g/mol. The molecule has 2 unspecified atom stereocenters. The fourth-order valence-corrected chi connectivity index (χ4v) is 15.9. The molecule has 0 aromatic heterocycles. The fourth-order valence-electron chi connectivity index (χ4n) is 5.64. The molecule has 0 radical (unpaired) electrons. The first-order valence-corrected chi connectivity index (χ1v) is 22.6. The lowest BCUT2D eigenvalue weighted by Gasteiger charge is -2.34. The van der Waals surface area contributed by atoms with Crippen LogP contribution in [-0.2, 0) is 41.6 Å². The summed E-state index contributed by atoms with van der Waals surface area (Å²) in [6.07, 6.45) is -26.2. The van der Waals surface area contributed by atoms with Crippen molar-refractivity contribution < 1.29 is 88.5 Å². The van der Waals surface area contributed by atoms with Crippen molar-refractivity contribution in [2.24, 2.45) is 13.5 Å². The third-order valence-electron chi connectivity index (χ3n) is 8.24. The lowest BCUT2D eigenvalue weighted by atomic mass is 10.1. The maximum absolute atomic E-state index is 14.1. The number of hydrogen-bond donors (Lipinski definition) is 0. The van der Waals surface area contributed by atoms with Gasteiger partial charge in [-0.25, -0.2) is 0 Å². The van der Waals surface area contributed by atoms with Gasteiger partial charge in [0.2, 0.25) is 0 Å². The zero-order valence-corrected chi connectivity index (χ0v) is 34.5. The van der Waals surface area contributed by atoms with E-state index in [4.69, 9.17) is 22.6 Å². The molecule has 0 saturated carbocycles. The van der Waals surface area contributed by atoms with E-state index < -0.39 is 117 Å². The third kappa shape index (κ3) is 12.0. The molecule has 1 heterocycles. The molecule has 2 atom stereocenters. The van der Waals surface area contributed by atoms with Gasteiger partial charge in [-0.05, 0) is 91.3 Å². The minimum absolute atomic E-state index is 0.378. The van der Waals surface area contributed by atoms with Gasteiger partial charge >= 0.3 is 46.2 Å². The predicted octanol–water partition coefficient (Wildman–Crippen LogP) is 16.6. The third-order valence-corrected chi connectivity index (χ3v) is 17.3. The van der Waals surface area contributed by atoms with Crippen LogP contribution < -0.4 is 18.1 Å². The van der Waals surface area contributed by atoms with Crippen molar-refractivity contribution in [1.82, 2.24) is 0 Å². The summed E-state index contributed by atoms with van der Waals surface area (Å²) in [5.41, 5.74) is -7.09. The molecule has 0 N–H and O–H groups in total. The van der Waals surface area contributed by atoms with Crippen LogP contribution in [0.2, 0.25) is 0 Å². The van der Waals surface area contributed by atoms with Gasteiger partial charge < -0.3 is 18.1 Å². The van der Waals surface area contributed by atoms with Gasteiger partial charge in [0.1, 0.15) is 23.0 Å². The number of rotatable bonds is 12. The minimum Gasteiger partial charge on any atom is -0.441 e. The first-order chi connectivity index (χ1) is 29.6. The summed E-state index contributed by atoms with van der Waals surface area (Å²) in [4.78, 5) is 0. The Balaban J connectivity index is 1.76. The van der Waals surface area contributed by atoms with Crippen LogP contribution in [0, 0.1) is 0 Å². The quantitative estimate of drug-likeness (QED) is 0.0919. The zero-order chi connectivity index (χ0) is 47.0. The Hall–Kier alpha value is -5.10. The van der Waals surface area contributed by atoms with Gasteiger partial charge in [-0.15, -0.1) is 13.5 Å². The smallest absolute Gasteiger partial charge is 0.441 e. The van der Waals surface area contributed by atoms with Gasteiger partial charge in [0.25, 0.3) is 7.43 Å². The van der Waals surface area contributed by atoms with E-state index in [0.717, 1.165) is 60.7 Å². The van der Waals surface area contributed by atoms with Crippen molar-refractivity contribution >= 4 is 22.8 Å². The highest BCUT2D eigenvalue weighted by molar-refractivity contribution is 7.80. The summed E-state index contributed by atoms with van der Waals surface area (Å²) < 4.78 is 254. The van der Waals surface area contributed by atoms with Crippen LogP contribution in [0.5, 0.6) is 23.0 Å². The molecule has 0 spiro atoms. The second kappa shape index (κ2) is 17.7. The van der Waals surface area contributed by atoms with Crippen LogP contribution in [0.4, 0.5) is 65.9 Å². The number of hydrogen-bond acceptors (Lipinski definition) is 8. The molecule has 344 valence electrons. The van der Waals surface area contributed by atoms with Gasteiger partial charge in [-0.3, -0.25) is 4.52 Å². The van der Waals surface area contributed by atoms with Crippen molar-refractivity contribution in [3.63, 3.8) is 0 Å². The van der Waals surface area contributed by atoms with E-state index in [1.54, 1.807) is 0 Å². The molecule has 0 bridgehead atoms. The molecular formula is C38H27F15N3O5P3. The molecule has 0 amide bonds. The SMILES string of the molecule is CCOP1(Oc2cccc(C(F)(F)F)c2)=NP(Cc2cccc(C(F)(F)F)c2)(Oc2cccc(C(F)(F)F)c2)=NP(Oc2cccc(C(F)(F)F)c2)(Oc2cccc(C(F)(F)F)c2)=N1. The normalized spacial score (nSPS) is 19.1. The molecule has 0 saturated heterocycles. The molecule has 8 nitrogen and oxygen atoms in total. The fraction of sp³-hybridized carbons (Fsp3) is 0.211. The Morgan fingerprint density at radius 2 is 0.719 bits per heavy atom. The number of nitrogens with zero attached hydrogens (tertiary/aromatic N) is 3. The molecule has 1 aliphatic rings. The van der Waals surface area contributed by atoms with Crippen LogP contribution in [0.15, 0.2) is 135 Å². The standard InChI is InChI=1S/C38H27F15N3O5P3/c1-2-57-63(59-31-15-5-11-27(20-31)36(45,46)47)54-62(23-24-8-3-9-25(18-24)34(39,40)41,58-30-14-4-10-26(19-30)35(42,43)44)55-64(56-63,60-32-16-6-12-28(21-32)37(48,49)50)61-33-17-7-13-29(22-33)38(51,52)53/h3-22H,2,23H2,1H3. The Labute approximate surface area is 352 Å². The Kier molecular flexibility index (Phi) is 13.4. The van der Waals surface area contributed by atoms with Gasteiger partial charge in [0, 0.05) is 0 Å². The van der Waals surface area contributed by atoms with E-state index in [9.17, 15) is 65.9 Å². The number of alkyl halides is 15. The van der Waals surface area contributed by atoms with Crippen LogP contribution in [0.1, 0.15) is 40.3 Å². The molecule has 0 aliphatic carbocycles. The van der Waals surface area contributed by atoms with Crippen molar-refractivity contribution in [1.29, 1.82) is 0 Å². The van der Waals surface area contributed by atoms with E-state index in [-0.39, 0.29) is 5.56 Å². The van der Waals surface area contributed by atoms with Crippen LogP contribution in [0.25, 0.3) is 0 Å². The maximum atomic E-state index is 14.1. The van der Waals surface area contributed by atoms with E-state index >= 15 is 0 Å². The first kappa shape index (κ1) is 48.4. The van der Waals surface area contributed by atoms with Crippen molar-refractivity contribution in [2.75, 3.05) is 6.61 Å². The molecule has 6 rings (SSSR count). The molecule has 26 heteroatoms. The highest BCUT2D eigenvalue weighted by Gasteiger charge is 2.47. The summed E-state index contributed by atoms with van der Waals surface area (Å²) in [7, 11) is -15.3. The highest BCUT2D eigenvalue weighted by Crippen LogP contribution is 2.80. The lowest BCUT2D eigenvalue weighted by molar-refractivity contribution is -0.138. The number of benzene rings is 5. The lowest BCUT2D eigenvalue weighted by Crippen LogP contribution is -2.11. The second-order valence-electron chi connectivity index (χ2n) is 13.2. The molecule has 0 fully saturated rings. The van der Waals surface area contributed by atoms with E-state index in [1.807, 2.05) is 0 Å². The molecular weight excluding hydrogens is 956 g/mol. The summed E-state index contributed by atoms with van der Waals surface area (Å²) in [5.74, 6) is -3.14. The predicted molar refractivity (Wildman–Crippen MR) is 203 cm³/mol.